The normalized spacial score (nSPS) is 10.2. The molecule has 5 heteroatoms. The molecule has 0 heterocycles. The summed E-state index contributed by atoms with van der Waals surface area (Å²) in [7, 11) is 0. The molecule has 0 unspecified atom stereocenters. The molecule has 0 aliphatic heterocycles. The van der Waals surface area contributed by atoms with Crippen LogP contribution < -0.4 is 5.73 Å². The fourth-order valence-electron chi connectivity index (χ4n) is 0.580. The second kappa shape index (κ2) is 3.68. The van der Waals surface area contributed by atoms with Gasteiger partial charge in [-0.05, 0) is 44.6 Å². The fourth-order valence-corrected chi connectivity index (χ4v) is 2.29. The summed E-state index contributed by atoms with van der Waals surface area (Å²) < 4.78 is 1.51. The van der Waals surface area contributed by atoms with Gasteiger partial charge in [-0.1, -0.05) is 23.2 Å². The number of nitrogens with two attached hydrogens (primary N) is 1. The van der Waals surface area contributed by atoms with Crippen molar-refractivity contribution >= 4 is 67.4 Å². The van der Waals surface area contributed by atoms with Gasteiger partial charge in [0.1, 0.15) is 0 Å². The van der Waals surface area contributed by atoms with Gasteiger partial charge < -0.3 is 5.73 Å². The maximum absolute atomic E-state index is 5.83. The standard InChI is InChI=1S/C6H3BrCl2IN/c7-4-2(8)1-3(10)6(11)5(4)9/h1H,11H2. The van der Waals surface area contributed by atoms with Crippen LogP contribution in [-0.4, -0.2) is 0 Å². The lowest BCUT2D eigenvalue weighted by atomic mass is 10.3. The molecule has 0 amide bonds. The number of benzene rings is 1. The molecular weight excluding hydrogens is 364 g/mol. The smallest absolute Gasteiger partial charge is 0.0803 e. The number of hydrogen-bond donors (Lipinski definition) is 1. The highest BCUT2D eigenvalue weighted by molar-refractivity contribution is 14.1. The van der Waals surface area contributed by atoms with Gasteiger partial charge in [-0.25, -0.2) is 0 Å². The first kappa shape index (κ1) is 9.89. The van der Waals surface area contributed by atoms with Crippen molar-refractivity contribution in [3.8, 4) is 0 Å². The number of halogens is 4. The molecule has 0 saturated heterocycles. The number of nitrogen functional groups attached to an aromatic ring is 1. The summed E-state index contributed by atoms with van der Waals surface area (Å²) in [5, 5.41) is 1.05. The Morgan fingerprint density at radius 1 is 1.45 bits per heavy atom. The molecular formula is C6H3BrCl2IN. The molecule has 0 aromatic heterocycles. The van der Waals surface area contributed by atoms with E-state index in [9.17, 15) is 0 Å². The van der Waals surface area contributed by atoms with Gasteiger partial charge in [-0.3, -0.25) is 0 Å². The highest BCUT2D eigenvalue weighted by Gasteiger charge is 2.09. The Hall–Kier alpha value is 0.810. The molecule has 60 valence electrons. The minimum absolute atomic E-state index is 0.474. The fraction of sp³-hybridized carbons (Fsp3) is 0. The minimum atomic E-state index is 0.474. The molecule has 0 aliphatic carbocycles. The van der Waals surface area contributed by atoms with Crippen molar-refractivity contribution in [1.29, 1.82) is 0 Å². The van der Waals surface area contributed by atoms with Crippen molar-refractivity contribution in [2.24, 2.45) is 0 Å². The molecule has 0 bridgehead atoms. The van der Waals surface area contributed by atoms with E-state index < -0.39 is 0 Å². The first-order valence-corrected chi connectivity index (χ1v) is 5.25. The molecule has 11 heavy (non-hydrogen) atoms. The highest BCUT2D eigenvalue weighted by Crippen LogP contribution is 2.37. The van der Waals surface area contributed by atoms with Crippen molar-refractivity contribution in [3.05, 3.63) is 24.2 Å². The molecule has 1 rings (SSSR count). The van der Waals surface area contributed by atoms with Crippen molar-refractivity contribution in [2.45, 2.75) is 0 Å². The average Bonchev–Trinajstić information content (AvgIpc) is 1.97. The van der Waals surface area contributed by atoms with Crippen molar-refractivity contribution in [1.82, 2.24) is 0 Å². The van der Waals surface area contributed by atoms with Crippen molar-refractivity contribution < 1.29 is 0 Å². The van der Waals surface area contributed by atoms with Gasteiger partial charge in [0.05, 0.1) is 20.2 Å². The van der Waals surface area contributed by atoms with E-state index in [-0.39, 0.29) is 0 Å². The van der Waals surface area contributed by atoms with Crippen molar-refractivity contribution in [3.63, 3.8) is 0 Å². The van der Waals surface area contributed by atoms with Crippen LogP contribution in [0.15, 0.2) is 10.5 Å². The van der Waals surface area contributed by atoms with Gasteiger partial charge in [0.15, 0.2) is 0 Å². The second-order valence-electron chi connectivity index (χ2n) is 1.88. The van der Waals surface area contributed by atoms with E-state index in [2.05, 4.69) is 38.5 Å². The van der Waals surface area contributed by atoms with Gasteiger partial charge in [0.2, 0.25) is 0 Å². The van der Waals surface area contributed by atoms with Crippen LogP contribution >= 0.6 is 61.7 Å². The monoisotopic (exact) mass is 365 g/mol. The van der Waals surface area contributed by atoms with Gasteiger partial charge in [0.25, 0.3) is 0 Å². The Balaban J connectivity index is 3.46. The van der Waals surface area contributed by atoms with Crippen LogP contribution in [0.25, 0.3) is 0 Å². The molecule has 0 atom stereocenters. The Labute approximate surface area is 96.5 Å². The van der Waals surface area contributed by atoms with E-state index in [4.69, 9.17) is 28.9 Å². The van der Waals surface area contributed by atoms with Crippen LogP contribution in [-0.2, 0) is 0 Å². The Kier molecular flexibility index (Phi) is 3.31. The first-order chi connectivity index (χ1) is 5.04. The quantitative estimate of drug-likeness (QED) is 0.320. The molecule has 1 aromatic rings. The van der Waals surface area contributed by atoms with E-state index in [0.717, 1.165) is 3.57 Å². The topological polar surface area (TPSA) is 26.0 Å². The van der Waals surface area contributed by atoms with Crippen molar-refractivity contribution in [2.75, 3.05) is 5.73 Å². The molecule has 1 nitrogen and oxygen atoms in total. The Bertz CT molecular complexity index is 277. The zero-order valence-corrected chi connectivity index (χ0v) is 10.4. The molecule has 0 saturated carbocycles. The molecule has 0 spiro atoms. The summed E-state index contributed by atoms with van der Waals surface area (Å²) in [5.41, 5.74) is 6.18. The van der Waals surface area contributed by atoms with Gasteiger partial charge in [-0.2, -0.15) is 0 Å². The lowest BCUT2D eigenvalue weighted by Gasteiger charge is -2.04. The van der Waals surface area contributed by atoms with E-state index in [1.165, 1.54) is 0 Å². The van der Waals surface area contributed by atoms with Gasteiger partial charge >= 0.3 is 0 Å². The second-order valence-corrected chi connectivity index (χ2v) is 4.62. The summed E-state index contributed by atoms with van der Waals surface area (Å²) in [6, 6.07) is 1.76. The van der Waals surface area contributed by atoms with Gasteiger partial charge in [0, 0.05) is 3.57 Å². The van der Waals surface area contributed by atoms with Gasteiger partial charge in [-0.15, -0.1) is 0 Å². The molecule has 0 fully saturated rings. The first-order valence-electron chi connectivity index (χ1n) is 2.62. The third-order valence-electron chi connectivity index (χ3n) is 1.15. The lowest BCUT2D eigenvalue weighted by molar-refractivity contribution is 1.58. The Morgan fingerprint density at radius 2 is 2.00 bits per heavy atom. The van der Waals surface area contributed by atoms with E-state index >= 15 is 0 Å². The summed E-state index contributed by atoms with van der Waals surface area (Å²) in [5.74, 6) is 0. The Morgan fingerprint density at radius 3 is 2.55 bits per heavy atom. The van der Waals surface area contributed by atoms with Crippen LogP contribution in [0.5, 0.6) is 0 Å². The predicted octanol–water partition coefficient (Wildman–Crippen LogP) is 3.94. The van der Waals surface area contributed by atoms with Crippen LogP contribution in [0, 0.1) is 3.57 Å². The number of rotatable bonds is 0. The minimum Gasteiger partial charge on any atom is -0.397 e. The maximum atomic E-state index is 5.83. The third kappa shape index (κ3) is 1.94. The van der Waals surface area contributed by atoms with E-state index in [1.54, 1.807) is 6.07 Å². The summed E-state index contributed by atoms with van der Waals surface area (Å²) in [6.45, 7) is 0. The summed E-state index contributed by atoms with van der Waals surface area (Å²) >= 11 is 16.9. The summed E-state index contributed by atoms with van der Waals surface area (Å²) in [4.78, 5) is 0. The molecule has 1 aromatic carbocycles. The molecule has 0 aliphatic rings. The highest BCUT2D eigenvalue weighted by atomic mass is 127. The van der Waals surface area contributed by atoms with Crippen LogP contribution in [0.1, 0.15) is 0 Å². The van der Waals surface area contributed by atoms with Crippen LogP contribution in [0.2, 0.25) is 10.0 Å². The zero-order chi connectivity index (χ0) is 8.59. The molecule has 0 radical (unpaired) electrons. The number of anilines is 1. The van der Waals surface area contributed by atoms with Crippen LogP contribution in [0.4, 0.5) is 5.69 Å². The largest absolute Gasteiger partial charge is 0.397 e. The lowest BCUT2D eigenvalue weighted by Crippen LogP contribution is -1.91. The van der Waals surface area contributed by atoms with E-state index in [0.29, 0.717) is 20.2 Å². The molecule has 2 N–H and O–H groups in total. The SMILES string of the molecule is Nc1c(I)cc(Cl)c(Br)c1Cl. The third-order valence-corrected chi connectivity index (χ3v) is 4.01. The predicted molar refractivity (Wildman–Crippen MR) is 61.3 cm³/mol. The zero-order valence-electron chi connectivity index (χ0n) is 5.17. The average molecular weight is 367 g/mol. The van der Waals surface area contributed by atoms with Crippen LogP contribution in [0.3, 0.4) is 0 Å². The number of hydrogen-bond acceptors (Lipinski definition) is 1. The maximum Gasteiger partial charge on any atom is 0.0803 e. The van der Waals surface area contributed by atoms with E-state index in [1.807, 2.05) is 0 Å². The summed E-state index contributed by atoms with van der Waals surface area (Å²) in [6.07, 6.45) is 0.